The van der Waals surface area contributed by atoms with E-state index in [0.29, 0.717) is 5.92 Å². The number of fused-ring (bicyclic) bond motifs is 2. The Morgan fingerprint density at radius 1 is 0.427 bits per heavy atom. The molecule has 2 aliphatic rings. The summed E-state index contributed by atoms with van der Waals surface area (Å²) in [5.41, 5.74) is 14.0. The van der Waals surface area contributed by atoms with Crippen molar-refractivity contribution in [3.05, 3.63) is 252 Å². The van der Waals surface area contributed by atoms with Crippen LogP contribution in [0.15, 0.2) is 218 Å². The van der Waals surface area contributed by atoms with Crippen LogP contribution in [0, 0.1) is 31.6 Å². The monoisotopic (exact) mass is 1100 g/mol. The number of benzene rings is 7. The van der Waals surface area contributed by atoms with Gasteiger partial charge in [0.1, 0.15) is 11.5 Å². The largest absolute Gasteiger partial charge is 0.342 e. The second kappa shape index (κ2) is 41.5. The lowest BCUT2D eigenvalue weighted by Crippen LogP contribution is -2.46. The molecule has 0 aliphatic heterocycles. The van der Waals surface area contributed by atoms with Crippen molar-refractivity contribution in [3.63, 3.8) is 0 Å². The molecule has 7 aromatic carbocycles. The molecule has 82 heavy (non-hydrogen) atoms. The molecule has 2 heterocycles. The number of nitrogens with two attached hydrogens (primary N) is 1. The van der Waals surface area contributed by atoms with Gasteiger partial charge in [-0.3, -0.25) is 5.84 Å². The maximum Gasteiger partial charge on any atom is 0.310 e. The number of nitrogens with one attached hydrogen (secondary N) is 2. The summed E-state index contributed by atoms with van der Waals surface area (Å²) in [5, 5.41) is 0. The summed E-state index contributed by atoms with van der Waals surface area (Å²) in [5.74, 6) is 11.1. The van der Waals surface area contributed by atoms with Gasteiger partial charge in [-0.1, -0.05) is 331 Å². The Hall–Kier alpha value is -7.50. The number of aromatic nitrogens is 4. The van der Waals surface area contributed by atoms with E-state index in [1.54, 1.807) is 4.68 Å². The second-order valence-electron chi connectivity index (χ2n) is 18.3. The third-order valence-electron chi connectivity index (χ3n) is 13.6. The molecule has 0 amide bonds. The number of nitrogens with zero attached hydrogens (tertiary/aromatic N) is 2. The summed E-state index contributed by atoms with van der Waals surface area (Å²) in [6.45, 7) is 40.6. The Kier molecular flexibility index (Phi) is 36.7. The zero-order valence-corrected chi connectivity index (χ0v) is 54.5. The van der Waals surface area contributed by atoms with Crippen molar-refractivity contribution in [1.82, 2.24) is 15.0 Å². The molecule has 4 N–H and O–H groups in total. The average Bonchev–Trinajstić information content (AvgIpc) is 4.58. The maximum absolute atomic E-state index is 6.47. The number of hydrogen-bond donors (Lipinski definition) is 3. The summed E-state index contributed by atoms with van der Waals surface area (Å²) in [7, 11) is 0. The van der Waals surface area contributed by atoms with E-state index in [0.717, 1.165) is 74.4 Å². The SMILES string of the molecule is C1=CC2CC1CC2C(c1ccccc1)c1ccccc1.CC.CC.CC.CC.CC.CC.CC.CC.CC(C)(c1ccccc1)c1ccccc1.Cc1[nH]c(-c2ccc(-c3[nH]c(C)c(-c4ccccc4)[n+]3N)cc2)nc1-c1ccccc1. The van der Waals surface area contributed by atoms with Gasteiger partial charge < -0.3 is 4.98 Å². The van der Waals surface area contributed by atoms with Gasteiger partial charge in [0.25, 0.3) is 0 Å². The van der Waals surface area contributed by atoms with Crippen molar-refractivity contribution in [3.8, 4) is 45.3 Å². The zero-order valence-electron chi connectivity index (χ0n) is 54.5. The van der Waals surface area contributed by atoms with Crippen LogP contribution < -0.4 is 10.5 Å². The Morgan fingerprint density at radius 2 is 0.805 bits per heavy atom. The van der Waals surface area contributed by atoms with Crippen LogP contribution in [0.2, 0.25) is 0 Å². The Bertz CT molecular complexity index is 2880. The fourth-order valence-corrected chi connectivity index (χ4v) is 10.1. The molecule has 0 spiro atoms. The van der Waals surface area contributed by atoms with Crippen molar-refractivity contribution < 1.29 is 4.68 Å². The first-order chi connectivity index (χ1) is 40.2. The molecule has 0 saturated heterocycles. The third-order valence-corrected chi connectivity index (χ3v) is 13.6. The highest BCUT2D eigenvalue weighted by Gasteiger charge is 2.41. The number of aromatic amines is 2. The van der Waals surface area contributed by atoms with Crippen molar-refractivity contribution in [2.24, 2.45) is 17.8 Å². The quantitative estimate of drug-likeness (QED) is 0.0765. The number of H-pyrrole nitrogens is 2. The fourth-order valence-electron chi connectivity index (χ4n) is 10.1. The van der Waals surface area contributed by atoms with Crippen LogP contribution in [0.4, 0.5) is 0 Å². The minimum absolute atomic E-state index is 0.0858. The highest BCUT2D eigenvalue weighted by Crippen LogP contribution is 2.51. The summed E-state index contributed by atoms with van der Waals surface area (Å²) in [4.78, 5) is 11.7. The van der Waals surface area contributed by atoms with E-state index in [-0.39, 0.29) is 5.41 Å². The predicted octanol–water partition coefficient (Wildman–Crippen LogP) is 22.3. The van der Waals surface area contributed by atoms with Crippen LogP contribution in [0.3, 0.4) is 0 Å². The van der Waals surface area contributed by atoms with Gasteiger partial charge in [0, 0.05) is 40.6 Å². The minimum Gasteiger partial charge on any atom is -0.342 e. The van der Waals surface area contributed by atoms with Crippen molar-refractivity contribution in [1.29, 1.82) is 0 Å². The molecule has 440 valence electrons. The number of nitrogen functional groups attached to an aromatic ring is 1. The van der Waals surface area contributed by atoms with E-state index >= 15 is 0 Å². The standard InChI is InChI=1S/C26H23N5.C20H20.C15H16.8C2H6/c1-17-23(19-9-5-3-6-10-19)30-25(28-17)21-13-15-22(16-14-21)26-29-18(2)24(31(26)27)20-11-7-4-8-12-20;1-3-7-16(8-4-1)20(17-9-5-2-6-10-17)19-14-15-11-12-18(19)13-15;1-15(2,13-9-5-3-6-10-13)14-11-7-4-8-12-14;8*1-2/h3-16H,27H2,1-2H3,(H,28,29,30);1-12,15,18-20H,13-14H2;3-12H,1-2H3;8*1-2H3/p+1. The Labute approximate surface area is 500 Å². The number of rotatable bonds is 9. The third kappa shape index (κ3) is 20.2. The van der Waals surface area contributed by atoms with Gasteiger partial charge in [-0.25, -0.2) is 9.97 Å². The van der Waals surface area contributed by atoms with Crippen LogP contribution >= 0.6 is 0 Å². The van der Waals surface area contributed by atoms with E-state index in [9.17, 15) is 0 Å². The first-order valence-electron chi connectivity index (χ1n) is 31.3. The summed E-state index contributed by atoms with van der Waals surface area (Å²) < 4.78 is 1.73. The lowest BCUT2D eigenvalue weighted by molar-refractivity contribution is -0.614. The second-order valence-corrected chi connectivity index (χ2v) is 18.3. The lowest BCUT2D eigenvalue weighted by atomic mass is 9.74. The summed E-state index contributed by atoms with van der Waals surface area (Å²) >= 11 is 0. The minimum atomic E-state index is 0.0858. The van der Waals surface area contributed by atoms with Crippen LogP contribution in [0.5, 0.6) is 0 Å². The first-order valence-corrected chi connectivity index (χ1v) is 31.3. The highest BCUT2D eigenvalue weighted by atomic mass is 15.3. The molecule has 9 aromatic rings. The molecule has 2 aliphatic carbocycles. The van der Waals surface area contributed by atoms with Crippen molar-refractivity contribution >= 4 is 0 Å². The van der Waals surface area contributed by atoms with Gasteiger partial charge in [0.15, 0.2) is 0 Å². The van der Waals surface area contributed by atoms with Gasteiger partial charge in [-0.05, 0) is 71.9 Å². The Balaban J connectivity index is 0.000000572. The molecule has 0 radical (unpaired) electrons. The number of allylic oxidation sites excluding steroid dienone is 2. The maximum atomic E-state index is 6.47. The average molecular weight is 1100 g/mol. The summed E-state index contributed by atoms with van der Waals surface area (Å²) in [6, 6.07) is 72.1. The van der Waals surface area contributed by atoms with E-state index < -0.39 is 0 Å². The first kappa shape index (κ1) is 72.5. The lowest BCUT2D eigenvalue weighted by Gasteiger charge is -2.29. The smallest absolute Gasteiger partial charge is 0.310 e. The number of aryl methyl sites for hydroxylation is 2. The molecule has 5 nitrogen and oxygen atoms in total. The molecule has 1 saturated carbocycles. The van der Waals surface area contributed by atoms with Gasteiger partial charge in [-0.2, -0.15) is 0 Å². The van der Waals surface area contributed by atoms with Crippen molar-refractivity contribution in [2.45, 2.75) is 163 Å². The van der Waals surface area contributed by atoms with E-state index in [4.69, 9.17) is 10.8 Å². The van der Waals surface area contributed by atoms with Crippen molar-refractivity contribution in [2.75, 3.05) is 5.84 Å². The number of imidazole rings is 2. The topological polar surface area (TPSA) is 74.4 Å². The van der Waals surface area contributed by atoms with Crippen LogP contribution in [0.25, 0.3) is 45.3 Å². The van der Waals surface area contributed by atoms with Crippen LogP contribution in [-0.2, 0) is 5.41 Å². The predicted molar refractivity (Wildman–Crippen MR) is 364 cm³/mol. The van der Waals surface area contributed by atoms with E-state index in [1.807, 2.05) is 154 Å². The van der Waals surface area contributed by atoms with E-state index in [2.05, 4.69) is 213 Å². The van der Waals surface area contributed by atoms with E-state index in [1.165, 1.54) is 35.1 Å². The number of hydrogen-bond acceptors (Lipinski definition) is 2. The highest BCUT2D eigenvalue weighted by molar-refractivity contribution is 5.69. The fraction of sp³-hybridized carbons (Fsp3) is 0.351. The van der Waals surface area contributed by atoms with Gasteiger partial charge >= 0.3 is 5.82 Å². The molecule has 5 heteroatoms. The molecule has 3 unspecified atom stereocenters. The molecule has 11 rings (SSSR count). The zero-order chi connectivity index (χ0) is 61.5. The van der Waals surface area contributed by atoms with Gasteiger partial charge in [-0.15, -0.1) is 4.68 Å². The summed E-state index contributed by atoms with van der Waals surface area (Å²) in [6.07, 6.45) is 7.64. The molecule has 1 fully saturated rings. The van der Waals surface area contributed by atoms with Crippen LogP contribution in [-0.4, -0.2) is 15.0 Å². The normalized spacial score (nSPS) is 13.5. The Morgan fingerprint density at radius 3 is 1.20 bits per heavy atom. The molecule has 2 bridgehead atoms. The van der Waals surface area contributed by atoms with Crippen LogP contribution in [0.1, 0.15) is 177 Å². The molecular weight excluding hydrogens is 995 g/mol. The molecule has 2 aromatic heterocycles. The van der Waals surface area contributed by atoms with Gasteiger partial charge in [0.05, 0.1) is 11.3 Å². The molecule has 3 atom stereocenters. The van der Waals surface area contributed by atoms with Gasteiger partial charge in [0.2, 0.25) is 5.69 Å². The molecular formula is C77H108N5+.